The van der Waals surface area contributed by atoms with E-state index in [1.165, 1.54) is 12.2 Å². The topological polar surface area (TPSA) is 115 Å². The molecule has 1 aromatic carbocycles. The van der Waals surface area contributed by atoms with E-state index < -0.39 is 18.0 Å². The molecule has 2 aliphatic carbocycles. The molecule has 0 radical (unpaired) electrons. The first-order valence-corrected chi connectivity index (χ1v) is 13.3. The van der Waals surface area contributed by atoms with E-state index in [-0.39, 0.29) is 23.2 Å². The molecule has 1 N–H and O–H groups in total. The van der Waals surface area contributed by atoms with Crippen molar-refractivity contribution in [2.45, 2.75) is 37.4 Å². The van der Waals surface area contributed by atoms with E-state index in [1.807, 2.05) is 6.07 Å². The second kappa shape index (κ2) is 10.2. The summed E-state index contributed by atoms with van der Waals surface area (Å²) in [6.07, 6.45) is 6.66. The van der Waals surface area contributed by atoms with E-state index in [0.29, 0.717) is 68.4 Å². The summed E-state index contributed by atoms with van der Waals surface area (Å²) in [5, 5.41) is 12.7. The molecule has 6 rings (SSSR count). The van der Waals surface area contributed by atoms with Crippen LogP contribution in [-0.2, 0) is 14.3 Å². The number of halogens is 1. The van der Waals surface area contributed by atoms with E-state index in [2.05, 4.69) is 21.3 Å². The molecule has 5 aliphatic rings. The Morgan fingerprint density at radius 3 is 2.69 bits per heavy atom. The maximum atomic E-state index is 14.3. The molecule has 2 saturated heterocycles. The third kappa shape index (κ3) is 4.90. The molecule has 10 heteroatoms. The number of ether oxygens (including phenoxy) is 1. The molecular formula is C29H28FN5O4. The predicted molar refractivity (Wildman–Crippen MR) is 141 cm³/mol. The lowest BCUT2D eigenvalue weighted by Crippen LogP contribution is -2.42. The molecule has 2 atom stereocenters. The smallest absolute Gasteiger partial charge is 0.270 e. The van der Waals surface area contributed by atoms with Crippen LogP contribution >= 0.6 is 0 Å². The van der Waals surface area contributed by atoms with Crippen LogP contribution in [0.2, 0.25) is 0 Å². The molecule has 39 heavy (non-hydrogen) atoms. The Morgan fingerprint density at radius 1 is 1.15 bits per heavy atom. The normalized spacial score (nSPS) is 24.4. The van der Waals surface area contributed by atoms with Crippen molar-refractivity contribution < 1.29 is 23.5 Å². The average molecular weight is 530 g/mol. The molecule has 1 unspecified atom stereocenters. The molecule has 3 aliphatic heterocycles. The maximum Gasteiger partial charge on any atom is 0.270 e. The number of carbonyl (C=O) groups is 3. The molecule has 3 heterocycles. The number of nitriles is 1. The predicted octanol–water partition coefficient (Wildman–Crippen LogP) is 2.34. The highest BCUT2D eigenvalue weighted by molar-refractivity contribution is 6.24. The van der Waals surface area contributed by atoms with Crippen molar-refractivity contribution in [3.8, 4) is 6.07 Å². The molecular weight excluding hydrogens is 501 g/mol. The van der Waals surface area contributed by atoms with E-state index >= 15 is 0 Å². The van der Waals surface area contributed by atoms with Crippen LogP contribution in [0.25, 0.3) is 0 Å². The van der Waals surface area contributed by atoms with Gasteiger partial charge >= 0.3 is 0 Å². The number of amides is 3. The largest absolute Gasteiger partial charge is 0.378 e. The van der Waals surface area contributed by atoms with Crippen LogP contribution in [0.1, 0.15) is 46.7 Å². The van der Waals surface area contributed by atoms with Crippen molar-refractivity contribution >= 4 is 29.1 Å². The van der Waals surface area contributed by atoms with Crippen molar-refractivity contribution in [1.29, 1.82) is 5.26 Å². The van der Waals surface area contributed by atoms with Gasteiger partial charge in [0.05, 0.1) is 47.4 Å². The highest BCUT2D eigenvalue weighted by Gasteiger charge is 2.37. The van der Waals surface area contributed by atoms with Crippen LogP contribution in [0.3, 0.4) is 0 Å². The van der Waals surface area contributed by atoms with Crippen LogP contribution in [0.4, 0.5) is 10.1 Å². The lowest BCUT2D eigenvalue weighted by atomic mass is 9.91. The van der Waals surface area contributed by atoms with Crippen LogP contribution < -0.4 is 10.2 Å². The number of allylic oxidation sites excluding steroid dienone is 3. The lowest BCUT2D eigenvalue weighted by molar-refractivity contribution is -0.119. The molecule has 3 fully saturated rings. The van der Waals surface area contributed by atoms with Gasteiger partial charge in [-0.05, 0) is 49.0 Å². The van der Waals surface area contributed by atoms with Crippen molar-refractivity contribution in [3.05, 3.63) is 64.3 Å². The SMILES string of the molecule is N#Cc1cc(C(=O)N2CCOCC2)c(N2CC[C@@H](NC(=O)C3=CC(=O)N=C4C3=CC=CC4F)C2)c(C2CC2)c1. The zero-order valence-corrected chi connectivity index (χ0v) is 21.4. The second-order valence-electron chi connectivity index (χ2n) is 10.4. The third-order valence-corrected chi connectivity index (χ3v) is 7.77. The monoisotopic (exact) mass is 529 g/mol. The number of dihydropyridines is 1. The summed E-state index contributed by atoms with van der Waals surface area (Å²) in [5.41, 5.74) is 3.21. The van der Waals surface area contributed by atoms with Crippen molar-refractivity contribution in [2.75, 3.05) is 44.3 Å². The molecule has 0 spiro atoms. The minimum absolute atomic E-state index is 0.0406. The summed E-state index contributed by atoms with van der Waals surface area (Å²) in [5.74, 6) is -0.927. The Bertz CT molecular complexity index is 1410. The number of morpholine rings is 1. The van der Waals surface area contributed by atoms with Crippen molar-refractivity contribution in [3.63, 3.8) is 0 Å². The van der Waals surface area contributed by atoms with Gasteiger partial charge in [-0.25, -0.2) is 9.38 Å². The fourth-order valence-corrected chi connectivity index (χ4v) is 5.69. The van der Waals surface area contributed by atoms with Gasteiger partial charge in [0.25, 0.3) is 17.7 Å². The molecule has 0 bridgehead atoms. The van der Waals surface area contributed by atoms with E-state index in [9.17, 15) is 24.0 Å². The Kier molecular flexibility index (Phi) is 6.61. The van der Waals surface area contributed by atoms with Crippen molar-refractivity contribution in [1.82, 2.24) is 10.2 Å². The quantitative estimate of drug-likeness (QED) is 0.626. The first-order chi connectivity index (χ1) is 18.9. The van der Waals surface area contributed by atoms with Gasteiger partial charge in [0, 0.05) is 43.9 Å². The number of nitrogens with zero attached hydrogens (tertiary/aromatic N) is 4. The van der Waals surface area contributed by atoms with Gasteiger partial charge in [0.1, 0.15) is 0 Å². The van der Waals surface area contributed by atoms with Crippen LogP contribution in [-0.4, -0.2) is 79.9 Å². The number of aliphatic imine (C=N–C) groups is 1. The average Bonchev–Trinajstić information content (AvgIpc) is 3.71. The third-order valence-electron chi connectivity index (χ3n) is 7.77. The summed E-state index contributed by atoms with van der Waals surface area (Å²) >= 11 is 0. The second-order valence-corrected chi connectivity index (χ2v) is 10.4. The van der Waals surface area contributed by atoms with E-state index in [0.717, 1.165) is 30.2 Å². The number of alkyl halides is 1. The fraction of sp³-hybridized carbons (Fsp3) is 0.414. The van der Waals surface area contributed by atoms with Gasteiger partial charge in [0.15, 0.2) is 6.17 Å². The number of anilines is 1. The van der Waals surface area contributed by atoms with Crippen LogP contribution in [0.5, 0.6) is 0 Å². The number of nitrogens with one attached hydrogen (secondary N) is 1. The Labute approximate surface area is 225 Å². The van der Waals surface area contributed by atoms with E-state index in [1.54, 1.807) is 17.0 Å². The summed E-state index contributed by atoms with van der Waals surface area (Å²) in [7, 11) is 0. The van der Waals surface area contributed by atoms with Gasteiger partial charge in [-0.15, -0.1) is 0 Å². The number of hydrogen-bond acceptors (Lipinski definition) is 6. The standard InChI is InChI=1S/C29H28FN5O4/c30-24-3-1-2-20-22(14-25(36)33-26(20)24)28(37)32-19-6-7-35(16-19)27-21(18-4-5-18)12-17(15-31)13-23(27)29(38)34-8-10-39-11-9-34/h1-3,12-14,18-19,24H,4-11,16H2,(H,32,37)/t19-,24?/m1/s1. The number of hydrogen-bond donors (Lipinski definition) is 1. The van der Waals surface area contributed by atoms with Gasteiger partial charge in [-0.1, -0.05) is 12.2 Å². The number of rotatable bonds is 5. The Hall–Kier alpha value is -4.10. The van der Waals surface area contributed by atoms with Gasteiger partial charge < -0.3 is 19.9 Å². The van der Waals surface area contributed by atoms with Gasteiger partial charge in [-0.2, -0.15) is 5.26 Å². The van der Waals surface area contributed by atoms with Crippen LogP contribution in [0.15, 0.2) is 52.6 Å². The lowest BCUT2D eigenvalue weighted by Gasteiger charge is -2.31. The molecule has 3 amide bonds. The number of carbonyl (C=O) groups excluding carboxylic acids is 3. The Morgan fingerprint density at radius 2 is 1.95 bits per heavy atom. The Balaban J connectivity index is 1.25. The fourth-order valence-electron chi connectivity index (χ4n) is 5.69. The molecule has 1 aromatic rings. The van der Waals surface area contributed by atoms with Crippen molar-refractivity contribution in [2.24, 2.45) is 4.99 Å². The van der Waals surface area contributed by atoms with Gasteiger partial charge in [-0.3, -0.25) is 14.4 Å². The zero-order chi connectivity index (χ0) is 27.1. The first kappa shape index (κ1) is 25.2. The number of fused-ring (bicyclic) bond motifs is 1. The summed E-state index contributed by atoms with van der Waals surface area (Å²) in [6.45, 7) is 3.03. The molecule has 200 valence electrons. The minimum atomic E-state index is -1.54. The van der Waals surface area contributed by atoms with E-state index in [4.69, 9.17) is 4.74 Å². The highest BCUT2D eigenvalue weighted by Crippen LogP contribution is 2.47. The summed E-state index contributed by atoms with van der Waals surface area (Å²) in [6, 6.07) is 5.55. The van der Waals surface area contributed by atoms with Gasteiger partial charge in [0.2, 0.25) is 0 Å². The zero-order valence-electron chi connectivity index (χ0n) is 21.4. The first-order valence-electron chi connectivity index (χ1n) is 13.3. The summed E-state index contributed by atoms with van der Waals surface area (Å²) in [4.78, 5) is 46.7. The minimum Gasteiger partial charge on any atom is -0.378 e. The summed E-state index contributed by atoms with van der Waals surface area (Å²) < 4.78 is 19.8. The molecule has 0 aromatic heterocycles. The molecule has 1 saturated carbocycles. The molecule has 9 nitrogen and oxygen atoms in total. The number of benzene rings is 1. The van der Waals surface area contributed by atoms with Crippen LogP contribution in [0, 0.1) is 11.3 Å². The maximum absolute atomic E-state index is 14.3. The highest BCUT2D eigenvalue weighted by atomic mass is 19.1.